The molecule has 0 aliphatic heterocycles. The Bertz CT molecular complexity index is 795. The first-order chi connectivity index (χ1) is 12.4. The summed E-state index contributed by atoms with van der Waals surface area (Å²) in [4.78, 5) is 23.4. The van der Waals surface area contributed by atoms with Crippen LogP contribution in [0.4, 0.5) is 15.8 Å². The van der Waals surface area contributed by atoms with Crippen molar-refractivity contribution in [1.29, 1.82) is 0 Å². The van der Waals surface area contributed by atoms with Crippen LogP contribution in [-0.4, -0.2) is 25.5 Å². The molecule has 0 saturated heterocycles. The molecule has 0 aliphatic carbocycles. The van der Waals surface area contributed by atoms with Crippen LogP contribution in [0.3, 0.4) is 0 Å². The summed E-state index contributed by atoms with van der Waals surface area (Å²) >= 11 is 0. The Labute approximate surface area is 151 Å². The average Bonchev–Trinajstić information content (AvgIpc) is 2.60. The molecule has 1 unspecified atom stereocenters. The summed E-state index contributed by atoms with van der Waals surface area (Å²) in [6.45, 7) is 3.17. The topological polar surface area (TPSA) is 79.5 Å². The van der Waals surface area contributed by atoms with E-state index < -0.39 is 0 Å². The number of benzene rings is 2. The number of nitrogens with one attached hydrogen (secondary N) is 3. The van der Waals surface area contributed by atoms with Crippen molar-refractivity contribution in [3.05, 3.63) is 53.8 Å². The molecule has 138 valence electrons. The molecular formula is C19H22FN3O3. The standard InChI is InChI=1S/C19H22FN3O3/c1-12(15-6-4-5-7-16(15)20)21-11-19(25)23-17-10-14(22-13(2)24)8-9-18(17)26-3/h4-10,12,21H,11H2,1-3H3,(H,22,24)(H,23,25). The lowest BCUT2D eigenvalue weighted by molar-refractivity contribution is -0.115. The lowest BCUT2D eigenvalue weighted by Crippen LogP contribution is -2.30. The fraction of sp³-hybridized carbons (Fsp3) is 0.263. The molecular weight excluding hydrogens is 337 g/mol. The van der Waals surface area contributed by atoms with Crippen molar-refractivity contribution < 1.29 is 18.7 Å². The fourth-order valence-electron chi connectivity index (χ4n) is 2.46. The summed E-state index contributed by atoms with van der Waals surface area (Å²) in [5, 5.41) is 8.35. The SMILES string of the molecule is COc1ccc(NC(C)=O)cc1NC(=O)CNC(C)c1ccccc1F. The number of anilines is 2. The Morgan fingerprint density at radius 1 is 1.15 bits per heavy atom. The Kier molecular flexibility index (Phi) is 6.68. The largest absolute Gasteiger partial charge is 0.495 e. The van der Waals surface area contributed by atoms with Gasteiger partial charge in [0, 0.05) is 24.2 Å². The summed E-state index contributed by atoms with van der Waals surface area (Å²) in [7, 11) is 1.49. The van der Waals surface area contributed by atoms with Gasteiger partial charge < -0.3 is 20.7 Å². The van der Waals surface area contributed by atoms with Gasteiger partial charge in [-0.3, -0.25) is 9.59 Å². The molecule has 2 amide bonds. The zero-order chi connectivity index (χ0) is 19.1. The maximum atomic E-state index is 13.8. The second-order valence-electron chi connectivity index (χ2n) is 5.77. The first-order valence-corrected chi connectivity index (χ1v) is 8.14. The van der Waals surface area contributed by atoms with Gasteiger partial charge in [0.1, 0.15) is 11.6 Å². The van der Waals surface area contributed by atoms with E-state index in [1.807, 2.05) is 0 Å². The molecule has 6 nitrogen and oxygen atoms in total. The molecule has 0 aromatic heterocycles. The number of ether oxygens (including phenoxy) is 1. The second-order valence-corrected chi connectivity index (χ2v) is 5.77. The summed E-state index contributed by atoms with van der Waals surface area (Å²) in [6.07, 6.45) is 0. The molecule has 3 N–H and O–H groups in total. The summed E-state index contributed by atoms with van der Waals surface area (Å²) < 4.78 is 19.0. The Morgan fingerprint density at radius 3 is 2.54 bits per heavy atom. The third-order valence-electron chi connectivity index (χ3n) is 3.73. The van der Waals surface area contributed by atoms with Crippen LogP contribution in [0.5, 0.6) is 5.75 Å². The maximum absolute atomic E-state index is 13.8. The van der Waals surface area contributed by atoms with E-state index in [1.54, 1.807) is 43.3 Å². The zero-order valence-corrected chi connectivity index (χ0v) is 14.9. The van der Waals surface area contributed by atoms with Gasteiger partial charge in [0.2, 0.25) is 11.8 Å². The minimum absolute atomic E-state index is 0.0109. The highest BCUT2D eigenvalue weighted by molar-refractivity contribution is 5.95. The van der Waals surface area contributed by atoms with Crippen molar-refractivity contribution in [2.45, 2.75) is 19.9 Å². The minimum atomic E-state index is -0.324. The monoisotopic (exact) mass is 359 g/mol. The van der Waals surface area contributed by atoms with Crippen molar-refractivity contribution >= 4 is 23.2 Å². The van der Waals surface area contributed by atoms with Gasteiger partial charge in [-0.05, 0) is 31.2 Å². The maximum Gasteiger partial charge on any atom is 0.238 e. The second kappa shape index (κ2) is 8.96. The Morgan fingerprint density at radius 2 is 1.88 bits per heavy atom. The van der Waals surface area contributed by atoms with E-state index in [-0.39, 0.29) is 30.2 Å². The molecule has 7 heteroatoms. The van der Waals surface area contributed by atoms with Crippen molar-refractivity contribution in [2.75, 3.05) is 24.3 Å². The smallest absolute Gasteiger partial charge is 0.238 e. The van der Waals surface area contributed by atoms with Crippen LogP contribution in [0.25, 0.3) is 0 Å². The van der Waals surface area contributed by atoms with Crippen LogP contribution in [0, 0.1) is 5.82 Å². The van der Waals surface area contributed by atoms with Crippen LogP contribution in [-0.2, 0) is 9.59 Å². The Hall–Kier alpha value is -2.93. The van der Waals surface area contributed by atoms with E-state index in [0.717, 1.165) is 0 Å². The number of rotatable bonds is 7. The third-order valence-corrected chi connectivity index (χ3v) is 3.73. The molecule has 0 radical (unpaired) electrons. The predicted octanol–water partition coefficient (Wildman–Crippen LogP) is 3.08. The number of halogens is 1. The fourth-order valence-corrected chi connectivity index (χ4v) is 2.46. The van der Waals surface area contributed by atoms with Crippen molar-refractivity contribution in [2.24, 2.45) is 0 Å². The molecule has 0 saturated carbocycles. The summed E-state index contributed by atoms with van der Waals surface area (Å²) in [5.41, 5.74) is 1.47. The predicted molar refractivity (Wildman–Crippen MR) is 98.7 cm³/mol. The van der Waals surface area contributed by atoms with E-state index >= 15 is 0 Å². The van der Waals surface area contributed by atoms with E-state index in [1.165, 1.54) is 20.1 Å². The zero-order valence-electron chi connectivity index (χ0n) is 14.9. The normalized spacial score (nSPS) is 11.5. The molecule has 0 spiro atoms. The highest BCUT2D eigenvalue weighted by Crippen LogP contribution is 2.27. The summed E-state index contributed by atoms with van der Waals surface area (Å²) in [5.74, 6) is -0.383. The van der Waals surface area contributed by atoms with Crippen LogP contribution >= 0.6 is 0 Å². The Balaban J connectivity index is 2.00. The van der Waals surface area contributed by atoms with Gasteiger partial charge in [0.25, 0.3) is 0 Å². The lowest BCUT2D eigenvalue weighted by atomic mass is 10.1. The van der Waals surface area contributed by atoms with Crippen molar-refractivity contribution in [1.82, 2.24) is 5.32 Å². The molecule has 2 rings (SSSR count). The van der Waals surface area contributed by atoms with Gasteiger partial charge in [0.05, 0.1) is 19.3 Å². The van der Waals surface area contributed by atoms with Crippen LogP contribution in [0.15, 0.2) is 42.5 Å². The minimum Gasteiger partial charge on any atom is -0.495 e. The molecule has 0 fully saturated rings. The van der Waals surface area contributed by atoms with Gasteiger partial charge in [-0.25, -0.2) is 4.39 Å². The van der Waals surface area contributed by atoms with Gasteiger partial charge in [-0.1, -0.05) is 18.2 Å². The lowest BCUT2D eigenvalue weighted by Gasteiger charge is -2.16. The van der Waals surface area contributed by atoms with Crippen molar-refractivity contribution in [3.63, 3.8) is 0 Å². The third kappa shape index (κ3) is 5.29. The molecule has 1 atom stereocenters. The number of hydrogen-bond donors (Lipinski definition) is 3. The van der Waals surface area contributed by atoms with Gasteiger partial charge in [0.15, 0.2) is 0 Å². The van der Waals surface area contributed by atoms with Crippen LogP contribution in [0.2, 0.25) is 0 Å². The molecule has 2 aromatic carbocycles. The van der Waals surface area contributed by atoms with Crippen molar-refractivity contribution in [3.8, 4) is 5.75 Å². The number of amides is 2. The summed E-state index contributed by atoms with van der Waals surface area (Å²) in [6, 6.07) is 11.0. The van der Waals surface area contributed by atoms with E-state index in [4.69, 9.17) is 4.74 Å². The van der Waals surface area contributed by atoms with Crippen LogP contribution in [0.1, 0.15) is 25.5 Å². The van der Waals surface area contributed by atoms with Gasteiger partial charge >= 0.3 is 0 Å². The first-order valence-electron chi connectivity index (χ1n) is 8.14. The molecule has 0 heterocycles. The van der Waals surface area contributed by atoms with Gasteiger partial charge in [-0.15, -0.1) is 0 Å². The number of carbonyl (C=O) groups is 2. The van der Waals surface area contributed by atoms with E-state index in [9.17, 15) is 14.0 Å². The van der Waals surface area contributed by atoms with E-state index in [2.05, 4.69) is 16.0 Å². The molecule has 0 aliphatic rings. The quantitative estimate of drug-likeness (QED) is 0.710. The number of methoxy groups -OCH3 is 1. The van der Waals surface area contributed by atoms with E-state index in [0.29, 0.717) is 22.7 Å². The number of hydrogen-bond acceptors (Lipinski definition) is 4. The first kappa shape index (κ1) is 19.4. The highest BCUT2D eigenvalue weighted by Gasteiger charge is 2.13. The molecule has 26 heavy (non-hydrogen) atoms. The molecule has 2 aromatic rings. The number of carbonyl (C=O) groups excluding carboxylic acids is 2. The molecule has 0 bridgehead atoms. The van der Waals surface area contributed by atoms with Crippen LogP contribution < -0.4 is 20.7 Å². The highest BCUT2D eigenvalue weighted by atomic mass is 19.1. The average molecular weight is 359 g/mol. The van der Waals surface area contributed by atoms with Gasteiger partial charge in [-0.2, -0.15) is 0 Å².